The molecule has 0 spiro atoms. The van der Waals surface area contributed by atoms with E-state index < -0.39 is 0 Å². The first kappa shape index (κ1) is 11.1. The molecule has 1 rings (SSSR count). The van der Waals surface area contributed by atoms with Gasteiger partial charge >= 0.3 is 0 Å². The van der Waals surface area contributed by atoms with Gasteiger partial charge in [-0.2, -0.15) is 0 Å². The molecule has 0 bridgehead atoms. The van der Waals surface area contributed by atoms with Gasteiger partial charge in [0.15, 0.2) is 0 Å². The van der Waals surface area contributed by atoms with E-state index in [-0.39, 0.29) is 11.7 Å². The Labute approximate surface area is 85.1 Å². The zero-order valence-corrected chi connectivity index (χ0v) is 9.16. The summed E-state index contributed by atoms with van der Waals surface area (Å²) in [6.45, 7) is 2.16. The summed E-state index contributed by atoms with van der Waals surface area (Å²) in [5, 5.41) is 3.22. The van der Waals surface area contributed by atoms with Crippen LogP contribution in [0.2, 0.25) is 0 Å². The predicted molar refractivity (Wildman–Crippen MR) is 57.9 cm³/mol. The molecule has 2 nitrogen and oxygen atoms in total. The fourth-order valence-electron chi connectivity index (χ4n) is 1.01. The van der Waals surface area contributed by atoms with Crippen molar-refractivity contribution in [2.24, 2.45) is 0 Å². The number of hydrogen-bond donors (Lipinski definition) is 1. The van der Waals surface area contributed by atoms with E-state index in [9.17, 15) is 9.18 Å². The van der Waals surface area contributed by atoms with Crippen LogP contribution >= 0.6 is 9.24 Å². The van der Waals surface area contributed by atoms with Gasteiger partial charge in [0.05, 0.1) is 0 Å². The normalized spacial score (nSPS) is 9.93. The molecule has 1 aromatic rings. The van der Waals surface area contributed by atoms with Crippen LogP contribution in [-0.2, 0) is 11.3 Å². The van der Waals surface area contributed by atoms with Crippen molar-refractivity contribution in [3.8, 4) is 0 Å². The lowest BCUT2D eigenvalue weighted by molar-refractivity contribution is -0.120. The third kappa shape index (κ3) is 3.08. The molecule has 1 N–H and O–H groups in total. The largest absolute Gasteiger partial charge is 0.352 e. The average Bonchev–Trinajstić information content (AvgIpc) is 2.19. The summed E-state index contributed by atoms with van der Waals surface area (Å²) in [4.78, 5) is 10.9. The van der Waals surface area contributed by atoms with Crippen molar-refractivity contribution >= 4 is 20.5 Å². The van der Waals surface area contributed by atoms with Gasteiger partial charge in [0, 0.05) is 18.3 Å². The molecule has 76 valence electrons. The van der Waals surface area contributed by atoms with Gasteiger partial charge in [-0.15, -0.1) is 9.24 Å². The predicted octanol–water partition coefficient (Wildman–Crippen LogP) is 1.35. The molecular formula is C10H13FNOP. The fourth-order valence-corrected chi connectivity index (χ4v) is 1.19. The molecule has 14 heavy (non-hydrogen) atoms. The molecule has 0 saturated carbocycles. The highest BCUT2D eigenvalue weighted by Crippen LogP contribution is 2.04. The lowest BCUT2D eigenvalue weighted by Gasteiger charge is -2.04. The standard InChI is InChI=1S/C10H13FNOP/c1-2-10(13)12-6-7-3-4-9(14)8(11)5-7/h3-5H,2,6,14H2,1H3,(H,12,13). The van der Waals surface area contributed by atoms with E-state index in [0.717, 1.165) is 5.56 Å². The lowest BCUT2D eigenvalue weighted by atomic mass is 10.2. The van der Waals surface area contributed by atoms with Crippen molar-refractivity contribution in [2.45, 2.75) is 19.9 Å². The van der Waals surface area contributed by atoms with E-state index in [1.807, 2.05) is 0 Å². The smallest absolute Gasteiger partial charge is 0.219 e. The van der Waals surface area contributed by atoms with Crippen molar-refractivity contribution in [1.82, 2.24) is 5.32 Å². The van der Waals surface area contributed by atoms with E-state index in [2.05, 4.69) is 14.6 Å². The van der Waals surface area contributed by atoms with Crippen LogP contribution in [0.4, 0.5) is 4.39 Å². The number of amides is 1. The Kier molecular flexibility index (Phi) is 4.02. The first-order valence-corrected chi connectivity index (χ1v) is 5.01. The molecule has 1 aromatic carbocycles. The Morgan fingerprint density at radius 1 is 1.57 bits per heavy atom. The van der Waals surface area contributed by atoms with Gasteiger partial charge in [-0.1, -0.05) is 19.1 Å². The highest BCUT2D eigenvalue weighted by Gasteiger charge is 2.01. The second-order valence-corrected chi connectivity index (χ2v) is 3.61. The van der Waals surface area contributed by atoms with Crippen molar-refractivity contribution in [2.75, 3.05) is 0 Å². The van der Waals surface area contributed by atoms with Crippen molar-refractivity contribution in [3.63, 3.8) is 0 Å². The number of halogens is 1. The van der Waals surface area contributed by atoms with Gasteiger partial charge in [-0.3, -0.25) is 4.79 Å². The van der Waals surface area contributed by atoms with Gasteiger partial charge in [0.25, 0.3) is 0 Å². The summed E-state index contributed by atoms with van der Waals surface area (Å²) < 4.78 is 13.1. The van der Waals surface area contributed by atoms with Crippen LogP contribution in [-0.4, -0.2) is 5.91 Å². The summed E-state index contributed by atoms with van der Waals surface area (Å²) in [6.07, 6.45) is 0.449. The Hall–Kier alpha value is -0.950. The van der Waals surface area contributed by atoms with Crippen LogP contribution in [0, 0.1) is 5.82 Å². The van der Waals surface area contributed by atoms with Crippen molar-refractivity contribution < 1.29 is 9.18 Å². The maximum atomic E-state index is 13.1. The summed E-state index contributed by atoms with van der Waals surface area (Å²) in [6, 6.07) is 4.90. The molecule has 0 aromatic heterocycles. The topological polar surface area (TPSA) is 29.1 Å². The van der Waals surface area contributed by atoms with Crippen LogP contribution in [0.1, 0.15) is 18.9 Å². The minimum absolute atomic E-state index is 0.0274. The third-order valence-electron chi connectivity index (χ3n) is 1.88. The molecule has 0 saturated heterocycles. The van der Waals surface area contributed by atoms with Crippen molar-refractivity contribution in [1.29, 1.82) is 0 Å². The molecular weight excluding hydrogens is 200 g/mol. The number of nitrogens with one attached hydrogen (secondary N) is 1. The Balaban J connectivity index is 2.60. The number of benzene rings is 1. The molecule has 1 amide bonds. The van der Waals surface area contributed by atoms with Crippen LogP contribution in [0.5, 0.6) is 0 Å². The summed E-state index contributed by atoms with van der Waals surface area (Å²) >= 11 is 0. The van der Waals surface area contributed by atoms with E-state index in [0.29, 0.717) is 18.3 Å². The minimum atomic E-state index is -0.266. The molecule has 0 radical (unpaired) electrons. The molecule has 1 atom stereocenters. The van der Waals surface area contributed by atoms with Crippen LogP contribution < -0.4 is 10.6 Å². The average molecular weight is 213 g/mol. The highest BCUT2D eigenvalue weighted by molar-refractivity contribution is 7.27. The zero-order valence-electron chi connectivity index (χ0n) is 8.01. The first-order valence-electron chi connectivity index (χ1n) is 4.44. The summed E-state index contributed by atoms with van der Waals surface area (Å²) in [5.74, 6) is -0.293. The Morgan fingerprint density at radius 2 is 2.29 bits per heavy atom. The van der Waals surface area contributed by atoms with Gasteiger partial charge in [0.2, 0.25) is 5.91 Å². The monoisotopic (exact) mass is 213 g/mol. The van der Waals surface area contributed by atoms with E-state index in [4.69, 9.17) is 0 Å². The Bertz CT molecular complexity index is 341. The number of carbonyl (C=O) groups excluding carboxylic acids is 1. The highest BCUT2D eigenvalue weighted by atomic mass is 31.0. The second-order valence-electron chi connectivity index (χ2n) is 2.99. The van der Waals surface area contributed by atoms with Gasteiger partial charge in [-0.25, -0.2) is 4.39 Å². The van der Waals surface area contributed by atoms with Gasteiger partial charge in [0.1, 0.15) is 5.82 Å². The summed E-state index contributed by atoms with van der Waals surface area (Å²) in [5.41, 5.74) is 0.774. The second kappa shape index (κ2) is 5.06. The summed E-state index contributed by atoms with van der Waals surface area (Å²) in [7, 11) is 2.31. The fraction of sp³-hybridized carbons (Fsp3) is 0.300. The van der Waals surface area contributed by atoms with Gasteiger partial charge < -0.3 is 5.32 Å². The van der Waals surface area contributed by atoms with E-state index in [1.165, 1.54) is 6.07 Å². The van der Waals surface area contributed by atoms with Gasteiger partial charge in [-0.05, 0) is 11.6 Å². The van der Waals surface area contributed by atoms with Crippen molar-refractivity contribution in [3.05, 3.63) is 29.6 Å². The van der Waals surface area contributed by atoms with E-state index in [1.54, 1.807) is 19.1 Å². The molecule has 0 aliphatic heterocycles. The molecule has 0 heterocycles. The molecule has 4 heteroatoms. The van der Waals surface area contributed by atoms with Crippen LogP contribution in [0.15, 0.2) is 18.2 Å². The van der Waals surface area contributed by atoms with E-state index >= 15 is 0 Å². The van der Waals surface area contributed by atoms with Crippen LogP contribution in [0.25, 0.3) is 0 Å². The third-order valence-corrected chi connectivity index (χ3v) is 2.34. The Morgan fingerprint density at radius 3 is 2.86 bits per heavy atom. The molecule has 0 fully saturated rings. The number of carbonyl (C=O) groups is 1. The zero-order chi connectivity index (χ0) is 10.6. The quantitative estimate of drug-likeness (QED) is 0.754. The molecule has 0 aliphatic rings. The first-order chi connectivity index (χ1) is 6.63. The maximum Gasteiger partial charge on any atom is 0.219 e. The minimum Gasteiger partial charge on any atom is -0.352 e. The van der Waals surface area contributed by atoms with Crippen LogP contribution in [0.3, 0.4) is 0 Å². The number of rotatable bonds is 3. The lowest BCUT2D eigenvalue weighted by Crippen LogP contribution is -2.21. The molecule has 1 unspecified atom stereocenters. The molecule has 0 aliphatic carbocycles. The maximum absolute atomic E-state index is 13.1. The number of hydrogen-bond acceptors (Lipinski definition) is 1. The SMILES string of the molecule is CCC(=O)NCc1ccc(P)c(F)c1.